The van der Waals surface area contributed by atoms with E-state index in [0.29, 0.717) is 0 Å². The average Bonchev–Trinajstić information content (AvgIpc) is 2.31. The van der Waals surface area contributed by atoms with Gasteiger partial charge in [0.25, 0.3) is 0 Å². The highest BCUT2D eigenvalue weighted by atomic mass is 16.3. The van der Waals surface area contributed by atoms with Crippen LogP contribution in [0.2, 0.25) is 0 Å². The molecule has 0 aromatic rings. The highest BCUT2D eigenvalue weighted by molar-refractivity contribution is 5.07. The molecule has 1 aliphatic carbocycles. The number of aliphatic hydroxyl groups is 1. The van der Waals surface area contributed by atoms with Gasteiger partial charge in [-0.15, -0.1) is 6.58 Å². The fraction of sp³-hybridized carbons (Fsp3) is 0.667. The number of unbranched alkanes of at least 4 members (excludes halogenated alkanes) is 1. The summed E-state index contributed by atoms with van der Waals surface area (Å²) in [4.78, 5) is 0. The van der Waals surface area contributed by atoms with E-state index in [0.717, 1.165) is 19.3 Å². The van der Waals surface area contributed by atoms with Gasteiger partial charge in [0.2, 0.25) is 0 Å². The van der Waals surface area contributed by atoms with Crippen LogP contribution in [0, 0.1) is 0 Å². The molecule has 0 saturated heterocycles. The molecule has 1 heteroatoms. The highest BCUT2D eigenvalue weighted by Crippen LogP contribution is 2.21. The van der Waals surface area contributed by atoms with Gasteiger partial charge in [0.05, 0.1) is 6.10 Å². The molecule has 1 N–H and O–H groups in total. The smallest absolute Gasteiger partial charge is 0.0723 e. The summed E-state index contributed by atoms with van der Waals surface area (Å²) in [6.07, 6.45) is 11.8. The van der Waals surface area contributed by atoms with E-state index >= 15 is 0 Å². The lowest BCUT2D eigenvalue weighted by Crippen LogP contribution is -2.00. The lowest BCUT2D eigenvalue weighted by atomic mass is 10.0. The summed E-state index contributed by atoms with van der Waals surface area (Å²) in [6.45, 7) is 3.71. The first-order valence-electron chi connectivity index (χ1n) is 5.31. The molecule has 0 aliphatic heterocycles. The standard InChI is InChI=1S/C12H20O/c1-2-3-4-7-11-8-5-6-9-12(13)10-11/h2,10,12-13H,1,3-9H2. The first kappa shape index (κ1) is 10.5. The molecule has 0 heterocycles. The Morgan fingerprint density at radius 3 is 3.15 bits per heavy atom. The second-order valence-corrected chi connectivity index (χ2v) is 3.82. The maximum Gasteiger partial charge on any atom is 0.0723 e. The van der Waals surface area contributed by atoms with Crippen molar-refractivity contribution >= 4 is 0 Å². The van der Waals surface area contributed by atoms with Crippen molar-refractivity contribution in [2.45, 2.75) is 51.0 Å². The molecular weight excluding hydrogens is 160 g/mol. The third-order valence-electron chi connectivity index (χ3n) is 2.58. The topological polar surface area (TPSA) is 20.2 Å². The second-order valence-electron chi connectivity index (χ2n) is 3.82. The van der Waals surface area contributed by atoms with E-state index in [4.69, 9.17) is 0 Å². The number of hydrogen-bond acceptors (Lipinski definition) is 1. The minimum absolute atomic E-state index is 0.179. The number of aliphatic hydroxyl groups excluding tert-OH is 1. The van der Waals surface area contributed by atoms with Crippen LogP contribution in [0.5, 0.6) is 0 Å². The highest BCUT2D eigenvalue weighted by Gasteiger charge is 2.08. The summed E-state index contributed by atoms with van der Waals surface area (Å²) in [6, 6.07) is 0. The molecule has 0 saturated carbocycles. The van der Waals surface area contributed by atoms with Gasteiger partial charge in [0.1, 0.15) is 0 Å². The SMILES string of the molecule is C=CCCCC1=CC(O)CCCC1. The van der Waals surface area contributed by atoms with Gasteiger partial charge in [-0.3, -0.25) is 0 Å². The Morgan fingerprint density at radius 1 is 1.54 bits per heavy atom. The molecule has 13 heavy (non-hydrogen) atoms. The molecule has 0 bridgehead atoms. The zero-order valence-electron chi connectivity index (χ0n) is 8.34. The van der Waals surface area contributed by atoms with Crippen LogP contribution in [0.3, 0.4) is 0 Å². The monoisotopic (exact) mass is 180 g/mol. The Morgan fingerprint density at radius 2 is 2.38 bits per heavy atom. The molecule has 0 fully saturated rings. The summed E-state index contributed by atoms with van der Waals surface area (Å²) in [5.74, 6) is 0. The molecule has 1 atom stereocenters. The molecule has 0 radical (unpaired) electrons. The van der Waals surface area contributed by atoms with E-state index in [2.05, 4.69) is 12.7 Å². The summed E-state index contributed by atoms with van der Waals surface area (Å²) in [5.41, 5.74) is 1.45. The first-order valence-corrected chi connectivity index (χ1v) is 5.31. The van der Waals surface area contributed by atoms with E-state index in [1.54, 1.807) is 0 Å². The molecule has 1 aliphatic rings. The quantitative estimate of drug-likeness (QED) is 0.520. The van der Waals surface area contributed by atoms with E-state index in [1.165, 1.54) is 31.3 Å². The van der Waals surface area contributed by atoms with Crippen molar-refractivity contribution in [3.63, 3.8) is 0 Å². The molecule has 1 unspecified atom stereocenters. The van der Waals surface area contributed by atoms with E-state index in [1.807, 2.05) is 6.08 Å². The fourth-order valence-corrected chi connectivity index (χ4v) is 1.83. The zero-order valence-corrected chi connectivity index (χ0v) is 8.34. The van der Waals surface area contributed by atoms with Crippen LogP contribution in [0.1, 0.15) is 44.9 Å². The third kappa shape index (κ3) is 4.28. The van der Waals surface area contributed by atoms with Crippen LogP contribution in [-0.2, 0) is 0 Å². The van der Waals surface area contributed by atoms with Crippen LogP contribution >= 0.6 is 0 Å². The fourth-order valence-electron chi connectivity index (χ4n) is 1.83. The Kier molecular flexibility index (Phi) is 4.84. The predicted octanol–water partition coefficient (Wildman–Crippen LogP) is 3.20. The number of rotatable bonds is 4. The lowest BCUT2D eigenvalue weighted by molar-refractivity contribution is 0.211. The lowest BCUT2D eigenvalue weighted by Gasteiger charge is -2.04. The molecule has 1 rings (SSSR count). The van der Waals surface area contributed by atoms with Crippen molar-refractivity contribution in [3.8, 4) is 0 Å². The largest absolute Gasteiger partial charge is 0.389 e. The Labute approximate surface area is 81.2 Å². The average molecular weight is 180 g/mol. The maximum absolute atomic E-state index is 9.52. The van der Waals surface area contributed by atoms with Crippen molar-refractivity contribution in [2.24, 2.45) is 0 Å². The minimum Gasteiger partial charge on any atom is -0.389 e. The molecule has 0 spiro atoms. The summed E-state index contributed by atoms with van der Waals surface area (Å²) < 4.78 is 0. The third-order valence-corrected chi connectivity index (χ3v) is 2.58. The zero-order chi connectivity index (χ0) is 9.52. The van der Waals surface area contributed by atoms with E-state index < -0.39 is 0 Å². The summed E-state index contributed by atoms with van der Waals surface area (Å²) in [5, 5.41) is 9.52. The van der Waals surface area contributed by atoms with Crippen molar-refractivity contribution in [2.75, 3.05) is 0 Å². The van der Waals surface area contributed by atoms with Crippen molar-refractivity contribution in [1.82, 2.24) is 0 Å². The van der Waals surface area contributed by atoms with Crippen molar-refractivity contribution in [3.05, 3.63) is 24.3 Å². The molecule has 1 nitrogen and oxygen atoms in total. The van der Waals surface area contributed by atoms with Gasteiger partial charge in [-0.1, -0.05) is 24.1 Å². The normalized spacial score (nSPS) is 23.5. The van der Waals surface area contributed by atoms with E-state index in [9.17, 15) is 5.11 Å². The van der Waals surface area contributed by atoms with Crippen molar-refractivity contribution < 1.29 is 5.11 Å². The van der Waals surface area contributed by atoms with Crippen LogP contribution in [0.15, 0.2) is 24.3 Å². The van der Waals surface area contributed by atoms with Crippen molar-refractivity contribution in [1.29, 1.82) is 0 Å². The van der Waals surface area contributed by atoms with Crippen LogP contribution in [0.4, 0.5) is 0 Å². The van der Waals surface area contributed by atoms with Gasteiger partial charge in [0, 0.05) is 0 Å². The molecule has 0 aromatic carbocycles. The molecule has 0 aromatic heterocycles. The molecule has 0 amide bonds. The maximum atomic E-state index is 9.52. The second kappa shape index (κ2) is 5.98. The van der Waals surface area contributed by atoms with Crippen LogP contribution in [-0.4, -0.2) is 11.2 Å². The van der Waals surface area contributed by atoms with Gasteiger partial charge >= 0.3 is 0 Å². The minimum atomic E-state index is -0.179. The number of hydrogen-bond donors (Lipinski definition) is 1. The summed E-state index contributed by atoms with van der Waals surface area (Å²) in [7, 11) is 0. The van der Waals surface area contributed by atoms with Crippen LogP contribution < -0.4 is 0 Å². The summed E-state index contributed by atoms with van der Waals surface area (Å²) >= 11 is 0. The van der Waals surface area contributed by atoms with E-state index in [-0.39, 0.29) is 6.10 Å². The predicted molar refractivity (Wildman–Crippen MR) is 56.6 cm³/mol. The Balaban J connectivity index is 2.32. The Bertz CT molecular complexity index is 182. The van der Waals surface area contributed by atoms with Gasteiger partial charge in [-0.25, -0.2) is 0 Å². The number of allylic oxidation sites excluding steroid dienone is 2. The first-order chi connectivity index (χ1) is 6.33. The Hall–Kier alpha value is -0.560. The van der Waals surface area contributed by atoms with Crippen LogP contribution in [0.25, 0.3) is 0 Å². The van der Waals surface area contributed by atoms with Gasteiger partial charge in [-0.2, -0.15) is 0 Å². The van der Waals surface area contributed by atoms with Gasteiger partial charge < -0.3 is 5.11 Å². The molecular formula is C12H20O. The van der Waals surface area contributed by atoms with Gasteiger partial charge in [0.15, 0.2) is 0 Å². The molecule has 74 valence electrons. The van der Waals surface area contributed by atoms with Gasteiger partial charge in [-0.05, 0) is 38.5 Å².